The van der Waals surface area contributed by atoms with E-state index in [9.17, 15) is 13.2 Å². The molecule has 1 saturated carbocycles. The smallest absolute Gasteiger partial charge is 0.337 e. The molecule has 0 aromatic carbocycles. The molecule has 2 rings (SSSR count). The highest BCUT2D eigenvalue weighted by molar-refractivity contribution is 6.18. The Morgan fingerprint density at radius 1 is 1.33 bits per heavy atom. The second kappa shape index (κ2) is 5.11. The molecule has 1 aromatic rings. The van der Waals surface area contributed by atoms with Crippen molar-refractivity contribution in [1.82, 2.24) is 9.55 Å². The SMILES string of the molecule is Cn1cc(C(F)(F)F)nc1[C@H]1CC[C@H](CCl)CC1. The Morgan fingerprint density at radius 2 is 1.94 bits per heavy atom. The Balaban J connectivity index is 2.12. The molecule has 102 valence electrons. The summed E-state index contributed by atoms with van der Waals surface area (Å²) >= 11 is 5.80. The molecule has 0 bridgehead atoms. The summed E-state index contributed by atoms with van der Waals surface area (Å²) < 4.78 is 39.2. The quantitative estimate of drug-likeness (QED) is 0.750. The number of alkyl halides is 4. The van der Waals surface area contributed by atoms with Crippen LogP contribution in [0.25, 0.3) is 0 Å². The van der Waals surface area contributed by atoms with Gasteiger partial charge in [-0.25, -0.2) is 4.98 Å². The Bertz CT molecular complexity index is 406. The maximum atomic E-state index is 12.6. The normalized spacial score (nSPS) is 25.4. The summed E-state index contributed by atoms with van der Waals surface area (Å²) in [6.45, 7) is 0. The number of rotatable bonds is 2. The molecular formula is C12H16ClF3N2. The first-order valence-corrected chi connectivity index (χ1v) is 6.61. The van der Waals surface area contributed by atoms with Gasteiger partial charge in [0, 0.05) is 25.0 Å². The average molecular weight is 281 g/mol. The fourth-order valence-electron chi connectivity index (χ4n) is 2.57. The van der Waals surface area contributed by atoms with E-state index in [4.69, 9.17) is 11.6 Å². The van der Waals surface area contributed by atoms with Crippen LogP contribution in [0.3, 0.4) is 0 Å². The van der Waals surface area contributed by atoms with Gasteiger partial charge in [0.05, 0.1) is 0 Å². The van der Waals surface area contributed by atoms with Crippen molar-refractivity contribution in [3.8, 4) is 0 Å². The first-order valence-electron chi connectivity index (χ1n) is 6.08. The van der Waals surface area contributed by atoms with Crippen molar-refractivity contribution in [1.29, 1.82) is 0 Å². The van der Waals surface area contributed by atoms with Gasteiger partial charge >= 0.3 is 6.18 Å². The highest BCUT2D eigenvalue weighted by atomic mass is 35.5. The number of aryl methyl sites for hydroxylation is 1. The number of imidazole rings is 1. The molecule has 0 atom stereocenters. The van der Waals surface area contributed by atoms with E-state index in [0.29, 0.717) is 17.6 Å². The van der Waals surface area contributed by atoms with Crippen molar-refractivity contribution in [2.75, 3.05) is 5.88 Å². The fraction of sp³-hybridized carbons (Fsp3) is 0.750. The van der Waals surface area contributed by atoms with E-state index in [1.165, 1.54) is 4.57 Å². The molecule has 0 spiro atoms. The van der Waals surface area contributed by atoms with Gasteiger partial charge in [0.2, 0.25) is 0 Å². The number of hydrogen-bond donors (Lipinski definition) is 0. The summed E-state index contributed by atoms with van der Waals surface area (Å²) in [6.07, 6.45) is 0.413. The average Bonchev–Trinajstić information content (AvgIpc) is 2.71. The van der Waals surface area contributed by atoms with Crippen molar-refractivity contribution >= 4 is 11.6 Å². The minimum atomic E-state index is -4.36. The summed E-state index contributed by atoms with van der Waals surface area (Å²) in [5.74, 6) is 1.83. The zero-order chi connectivity index (χ0) is 13.3. The van der Waals surface area contributed by atoms with Crippen LogP contribution in [0, 0.1) is 5.92 Å². The molecule has 1 heterocycles. The van der Waals surface area contributed by atoms with Gasteiger partial charge in [-0.3, -0.25) is 0 Å². The topological polar surface area (TPSA) is 17.8 Å². The molecule has 0 saturated heterocycles. The molecule has 0 N–H and O–H groups in total. The molecule has 1 aliphatic rings. The third-order valence-electron chi connectivity index (χ3n) is 3.63. The summed E-state index contributed by atoms with van der Waals surface area (Å²) in [6, 6.07) is 0. The number of hydrogen-bond acceptors (Lipinski definition) is 1. The summed E-state index contributed by atoms with van der Waals surface area (Å²) in [5, 5.41) is 0. The number of halogens is 4. The maximum absolute atomic E-state index is 12.6. The van der Waals surface area contributed by atoms with Gasteiger partial charge in [-0.15, -0.1) is 11.6 Å². The molecule has 0 unspecified atom stereocenters. The van der Waals surface area contributed by atoms with Crippen molar-refractivity contribution in [3.05, 3.63) is 17.7 Å². The minimum absolute atomic E-state index is 0.130. The third kappa shape index (κ3) is 2.82. The van der Waals surface area contributed by atoms with Crippen LogP contribution in [0.15, 0.2) is 6.20 Å². The highest BCUT2D eigenvalue weighted by Crippen LogP contribution is 2.37. The molecule has 2 nitrogen and oxygen atoms in total. The first kappa shape index (κ1) is 13.7. The Kier molecular flexibility index (Phi) is 3.90. The van der Waals surface area contributed by atoms with Gasteiger partial charge in [0.25, 0.3) is 0 Å². The third-order valence-corrected chi connectivity index (χ3v) is 4.07. The predicted octanol–water partition coefficient (Wildman–Crippen LogP) is 3.95. The molecule has 0 radical (unpaired) electrons. The van der Waals surface area contributed by atoms with Crippen LogP contribution in [-0.2, 0) is 13.2 Å². The fourth-order valence-corrected chi connectivity index (χ4v) is 2.88. The lowest BCUT2D eigenvalue weighted by Gasteiger charge is -2.26. The lowest BCUT2D eigenvalue weighted by atomic mass is 9.82. The van der Waals surface area contributed by atoms with Crippen molar-refractivity contribution in [2.24, 2.45) is 13.0 Å². The lowest BCUT2D eigenvalue weighted by molar-refractivity contribution is -0.141. The highest BCUT2D eigenvalue weighted by Gasteiger charge is 2.35. The lowest BCUT2D eigenvalue weighted by Crippen LogP contribution is -2.17. The van der Waals surface area contributed by atoms with Gasteiger partial charge in [0.1, 0.15) is 5.82 Å². The minimum Gasteiger partial charge on any atom is -0.337 e. The second-order valence-corrected chi connectivity index (χ2v) is 5.27. The Morgan fingerprint density at radius 3 is 2.39 bits per heavy atom. The van der Waals surface area contributed by atoms with E-state index >= 15 is 0 Å². The monoisotopic (exact) mass is 280 g/mol. The summed E-state index contributed by atoms with van der Waals surface area (Å²) in [7, 11) is 1.63. The molecule has 6 heteroatoms. The molecule has 1 fully saturated rings. The molecule has 1 aromatic heterocycles. The van der Waals surface area contributed by atoms with Crippen LogP contribution in [0.1, 0.15) is 43.1 Å². The molecule has 0 aliphatic heterocycles. The van der Waals surface area contributed by atoms with E-state index < -0.39 is 11.9 Å². The van der Waals surface area contributed by atoms with E-state index in [0.717, 1.165) is 31.9 Å². The maximum Gasteiger partial charge on any atom is 0.434 e. The van der Waals surface area contributed by atoms with Crippen molar-refractivity contribution in [2.45, 2.75) is 37.8 Å². The summed E-state index contributed by atoms with van der Waals surface area (Å²) in [4.78, 5) is 3.76. The van der Waals surface area contributed by atoms with Crippen LogP contribution >= 0.6 is 11.6 Å². The van der Waals surface area contributed by atoms with Crippen molar-refractivity contribution < 1.29 is 13.2 Å². The second-order valence-electron chi connectivity index (χ2n) is 4.96. The van der Waals surface area contributed by atoms with Gasteiger partial charge in [-0.05, 0) is 31.6 Å². The van der Waals surface area contributed by atoms with E-state index in [2.05, 4.69) is 4.98 Å². The zero-order valence-electron chi connectivity index (χ0n) is 10.2. The standard InChI is InChI=1S/C12H16ClF3N2/c1-18-7-10(12(14,15)16)17-11(18)9-4-2-8(6-13)3-5-9/h7-9H,2-6H2,1H3/t8-,9-. The van der Waals surface area contributed by atoms with Gasteiger partial charge in [0.15, 0.2) is 5.69 Å². The number of aromatic nitrogens is 2. The Hall–Kier alpha value is -0.710. The van der Waals surface area contributed by atoms with Gasteiger partial charge in [-0.2, -0.15) is 13.2 Å². The Labute approximate surface area is 109 Å². The number of nitrogens with zero attached hydrogens (tertiary/aromatic N) is 2. The van der Waals surface area contributed by atoms with Crippen LogP contribution in [-0.4, -0.2) is 15.4 Å². The predicted molar refractivity (Wildman–Crippen MR) is 63.6 cm³/mol. The zero-order valence-corrected chi connectivity index (χ0v) is 10.9. The van der Waals surface area contributed by atoms with Crippen LogP contribution in [0.2, 0.25) is 0 Å². The largest absolute Gasteiger partial charge is 0.434 e. The van der Waals surface area contributed by atoms with E-state index in [-0.39, 0.29) is 5.92 Å². The molecule has 0 amide bonds. The molecular weight excluding hydrogens is 265 g/mol. The first-order chi connectivity index (χ1) is 8.41. The van der Waals surface area contributed by atoms with Crippen molar-refractivity contribution in [3.63, 3.8) is 0 Å². The molecule has 18 heavy (non-hydrogen) atoms. The van der Waals surface area contributed by atoms with Gasteiger partial charge in [-0.1, -0.05) is 0 Å². The summed E-state index contributed by atoms with van der Waals surface area (Å²) in [5.41, 5.74) is -0.792. The van der Waals surface area contributed by atoms with E-state index in [1.807, 2.05) is 0 Å². The van der Waals surface area contributed by atoms with Gasteiger partial charge < -0.3 is 4.57 Å². The van der Waals surface area contributed by atoms with Crippen LogP contribution in [0.5, 0.6) is 0 Å². The van der Waals surface area contributed by atoms with Crippen LogP contribution < -0.4 is 0 Å². The molecule has 1 aliphatic carbocycles. The van der Waals surface area contributed by atoms with Crippen LogP contribution in [0.4, 0.5) is 13.2 Å². The van der Waals surface area contributed by atoms with E-state index in [1.54, 1.807) is 7.05 Å².